The third kappa shape index (κ3) is 3.59. The first-order valence-electron chi connectivity index (χ1n) is 4.46. The second kappa shape index (κ2) is 4.87. The van der Waals surface area contributed by atoms with Gasteiger partial charge in [-0.25, -0.2) is 0 Å². The number of Topliss-reactive ketones (excluding diaryl/α,β-unsaturated/α-hetero) is 1. The van der Waals surface area contributed by atoms with Crippen LogP contribution in [-0.2, 0) is 4.79 Å². The summed E-state index contributed by atoms with van der Waals surface area (Å²) in [5.74, 6) is 1.61. The summed E-state index contributed by atoms with van der Waals surface area (Å²) in [6.07, 6.45) is 2.74. The maximum atomic E-state index is 10.9. The van der Waals surface area contributed by atoms with Crippen molar-refractivity contribution < 1.29 is 4.79 Å². The Balaban J connectivity index is 2.04. The molecule has 1 unspecified atom stereocenters. The molecule has 1 fully saturated rings. The van der Waals surface area contributed by atoms with Gasteiger partial charge in [0.15, 0.2) is 0 Å². The molecule has 1 aliphatic rings. The number of carbonyl (C=O) groups is 1. The van der Waals surface area contributed by atoms with Crippen molar-refractivity contribution in [3.63, 3.8) is 0 Å². The number of hydrogen-bond acceptors (Lipinski definition) is 3. The Hall–Kier alpha value is -0.0200. The summed E-state index contributed by atoms with van der Waals surface area (Å²) in [7, 11) is 4.17. The molecule has 1 atom stereocenters. The van der Waals surface area contributed by atoms with E-state index in [2.05, 4.69) is 19.0 Å². The minimum absolute atomic E-state index is 0.456. The Morgan fingerprint density at radius 3 is 2.83 bits per heavy atom. The first-order chi connectivity index (χ1) is 5.68. The Kier molecular flexibility index (Phi) is 4.09. The molecule has 0 bridgehead atoms. The molecule has 1 rings (SSSR count). The number of ketones is 1. The van der Waals surface area contributed by atoms with Crippen LogP contribution in [0.15, 0.2) is 0 Å². The predicted octanol–water partition coefficient (Wildman–Crippen LogP) is 1.40. The number of rotatable bonds is 4. The number of nitrogens with zero attached hydrogens (tertiary/aromatic N) is 1. The topological polar surface area (TPSA) is 20.3 Å². The summed E-state index contributed by atoms with van der Waals surface area (Å²) in [6.45, 7) is 1.12. The molecule has 2 nitrogen and oxygen atoms in total. The zero-order valence-electron chi connectivity index (χ0n) is 7.88. The van der Waals surface area contributed by atoms with Crippen LogP contribution in [-0.4, -0.2) is 42.3 Å². The van der Waals surface area contributed by atoms with Crippen LogP contribution in [0.25, 0.3) is 0 Å². The summed E-state index contributed by atoms with van der Waals surface area (Å²) in [4.78, 5) is 13.1. The number of hydrogen-bond donors (Lipinski definition) is 0. The molecule has 3 heteroatoms. The highest BCUT2D eigenvalue weighted by Crippen LogP contribution is 2.26. The fraction of sp³-hybridized carbons (Fsp3) is 0.889. The van der Waals surface area contributed by atoms with Gasteiger partial charge in [0.1, 0.15) is 5.78 Å². The van der Waals surface area contributed by atoms with Crippen molar-refractivity contribution in [2.24, 2.45) is 0 Å². The molecule has 1 aliphatic carbocycles. The van der Waals surface area contributed by atoms with E-state index in [1.54, 1.807) is 0 Å². The largest absolute Gasteiger partial charge is 0.309 e. The zero-order valence-corrected chi connectivity index (χ0v) is 8.69. The van der Waals surface area contributed by atoms with Crippen LogP contribution in [0.5, 0.6) is 0 Å². The first-order valence-corrected chi connectivity index (χ1v) is 5.51. The van der Waals surface area contributed by atoms with Gasteiger partial charge in [-0.2, -0.15) is 11.8 Å². The van der Waals surface area contributed by atoms with Gasteiger partial charge in [0.25, 0.3) is 0 Å². The fourth-order valence-corrected chi connectivity index (χ4v) is 2.72. The fourth-order valence-electron chi connectivity index (χ4n) is 1.32. The smallest absolute Gasteiger partial charge is 0.134 e. The Bertz CT molecular complexity index is 159. The highest BCUT2D eigenvalue weighted by Gasteiger charge is 2.21. The summed E-state index contributed by atoms with van der Waals surface area (Å²) < 4.78 is 0. The SMILES string of the molecule is CN(C)CCSC1CCC(=O)C1. The summed E-state index contributed by atoms with van der Waals surface area (Å²) in [6, 6.07) is 0. The van der Waals surface area contributed by atoms with Crippen molar-refractivity contribution in [3.05, 3.63) is 0 Å². The molecule has 0 heterocycles. The molecule has 0 spiro atoms. The summed E-state index contributed by atoms with van der Waals surface area (Å²) in [5, 5.41) is 0.623. The van der Waals surface area contributed by atoms with E-state index in [1.807, 2.05) is 11.8 Å². The molecular weight excluding hydrogens is 170 g/mol. The van der Waals surface area contributed by atoms with Gasteiger partial charge in [-0.3, -0.25) is 4.79 Å². The molecule has 0 saturated heterocycles. The van der Waals surface area contributed by atoms with Gasteiger partial charge in [-0.1, -0.05) is 0 Å². The standard InChI is InChI=1S/C9H17NOS/c1-10(2)5-6-12-9-4-3-8(11)7-9/h9H,3-7H2,1-2H3. The van der Waals surface area contributed by atoms with E-state index in [0.717, 1.165) is 31.6 Å². The molecule has 12 heavy (non-hydrogen) atoms. The Labute approximate surface area is 78.7 Å². The maximum Gasteiger partial charge on any atom is 0.134 e. The van der Waals surface area contributed by atoms with Gasteiger partial charge in [0.05, 0.1) is 0 Å². The van der Waals surface area contributed by atoms with E-state index < -0.39 is 0 Å². The second-order valence-corrected chi connectivity index (χ2v) is 4.99. The molecule has 0 aromatic rings. The van der Waals surface area contributed by atoms with E-state index in [1.165, 1.54) is 0 Å². The van der Waals surface area contributed by atoms with Crippen LogP contribution in [0.1, 0.15) is 19.3 Å². The van der Waals surface area contributed by atoms with Gasteiger partial charge in [-0.05, 0) is 20.5 Å². The molecule has 0 aromatic heterocycles. The maximum absolute atomic E-state index is 10.9. The van der Waals surface area contributed by atoms with Gasteiger partial charge < -0.3 is 4.90 Å². The lowest BCUT2D eigenvalue weighted by Gasteiger charge is -2.11. The van der Waals surface area contributed by atoms with Crippen molar-refractivity contribution in [2.45, 2.75) is 24.5 Å². The van der Waals surface area contributed by atoms with Gasteiger partial charge in [0.2, 0.25) is 0 Å². The Morgan fingerprint density at radius 1 is 1.58 bits per heavy atom. The monoisotopic (exact) mass is 187 g/mol. The van der Waals surface area contributed by atoms with Crippen LogP contribution < -0.4 is 0 Å². The minimum atomic E-state index is 0.456. The van der Waals surface area contributed by atoms with Crippen LogP contribution in [0.4, 0.5) is 0 Å². The van der Waals surface area contributed by atoms with Crippen molar-refractivity contribution in [1.82, 2.24) is 4.90 Å². The van der Waals surface area contributed by atoms with Gasteiger partial charge in [0, 0.05) is 30.4 Å². The average Bonchev–Trinajstić information content (AvgIpc) is 2.35. The highest BCUT2D eigenvalue weighted by molar-refractivity contribution is 7.99. The highest BCUT2D eigenvalue weighted by atomic mass is 32.2. The molecular formula is C9H17NOS. The zero-order chi connectivity index (χ0) is 8.97. The predicted molar refractivity (Wildman–Crippen MR) is 53.7 cm³/mol. The van der Waals surface area contributed by atoms with Crippen LogP contribution in [0, 0.1) is 0 Å². The number of thioether (sulfide) groups is 1. The third-order valence-electron chi connectivity index (χ3n) is 2.09. The van der Waals surface area contributed by atoms with Crippen molar-refractivity contribution >= 4 is 17.5 Å². The molecule has 0 amide bonds. The number of carbonyl (C=O) groups excluding carboxylic acids is 1. The first kappa shape index (κ1) is 10.1. The van der Waals surface area contributed by atoms with E-state index >= 15 is 0 Å². The van der Waals surface area contributed by atoms with Gasteiger partial charge in [-0.15, -0.1) is 0 Å². The lowest BCUT2D eigenvalue weighted by atomic mass is 10.4. The average molecular weight is 187 g/mol. The van der Waals surface area contributed by atoms with Crippen LogP contribution in [0.3, 0.4) is 0 Å². The molecule has 70 valence electrons. The van der Waals surface area contributed by atoms with E-state index in [0.29, 0.717) is 11.0 Å². The van der Waals surface area contributed by atoms with Crippen LogP contribution in [0.2, 0.25) is 0 Å². The molecule has 0 aliphatic heterocycles. The summed E-state index contributed by atoms with van der Waals surface area (Å²) >= 11 is 1.95. The lowest BCUT2D eigenvalue weighted by Crippen LogP contribution is -2.16. The van der Waals surface area contributed by atoms with Crippen molar-refractivity contribution in [2.75, 3.05) is 26.4 Å². The van der Waals surface area contributed by atoms with E-state index in [9.17, 15) is 4.79 Å². The molecule has 0 radical (unpaired) electrons. The summed E-state index contributed by atoms with van der Waals surface area (Å²) in [5.41, 5.74) is 0. The molecule has 0 N–H and O–H groups in total. The van der Waals surface area contributed by atoms with Crippen LogP contribution >= 0.6 is 11.8 Å². The quantitative estimate of drug-likeness (QED) is 0.663. The molecule has 1 saturated carbocycles. The lowest BCUT2D eigenvalue weighted by molar-refractivity contribution is -0.117. The second-order valence-electron chi connectivity index (χ2n) is 3.58. The third-order valence-corrected chi connectivity index (χ3v) is 3.38. The molecule has 0 aromatic carbocycles. The van der Waals surface area contributed by atoms with Crippen molar-refractivity contribution in [3.8, 4) is 0 Å². The van der Waals surface area contributed by atoms with E-state index in [-0.39, 0.29) is 0 Å². The Morgan fingerprint density at radius 2 is 2.33 bits per heavy atom. The normalized spacial score (nSPS) is 23.9. The van der Waals surface area contributed by atoms with Gasteiger partial charge >= 0.3 is 0 Å². The minimum Gasteiger partial charge on any atom is -0.309 e. The van der Waals surface area contributed by atoms with Crippen molar-refractivity contribution in [1.29, 1.82) is 0 Å². The van der Waals surface area contributed by atoms with E-state index in [4.69, 9.17) is 0 Å².